The Hall–Kier alpha value is -2.60. The Labute approximate surface area is 140 Å². The number of hydrogen-bond donors (Lipinski definition) is 0. The molecule has 122 valence electrons. The van der Waals surface area contributed by atoms with Crippen LogP contribution in [0.1, 0.15) is 5.56 Å². The maximum Gasteiger partial charge on any atom is 0.265 e. The lowest BCUT2D eigenvalue weighted by molar-refractivity contribution is 0.415. The number of methoxy groups -OCH3 is 1. The number of nitrogens with zero attached hydrogens (tertiary/aromatic N) is 2. The van der Waals surface area contributed by atoms with Crippen molar-refractivity contribution in [2.45, 2.75) is 11.3 Å². The summed E-state index contributed by atoms with van der Waals surface area (Å²) in [5, 5.41) is 0.980. The van der Waals surface area contributed by atoms with Crippen LogP contribution in [-0.2, 0) is 16.4 Å². The zero-order valence-electron chi connectivity index (χ0n) is 13.1. The van der Waals surface area contributed by atoms with E-state index in [1.165, 1.54) is 4.31 Å². The highest BCUT2D eigenvalue weighted by Gasteiger charge is 2.32. The summed E-state index contributed by atoms with van der Waals surface area (Å²) in [6, 6.07) is 16.1. The predicted molar refractivity (Wildman–Crippen MR) is 93.0 cm³/mol. The highest BCUT2D eigenvalue weighted by atomic mass is 32.2. The number of aromatic nitrogens is 1. The monoisotopic (exact) mass is 340 g/mol. The van der Waals surface area contributed by atoms with Crippen LogP contribution in [0.2, 0.25) is 0 Å². The average molecular weight is 340 g/mol. The van der Waals surface area contributed by atoms with Gasteiger partial charge in [0.05, 0.1) is 17.5 Å². The van der Waals surface area contributed by atoms with Gasteiger partial charge in [0, 0.05) is 18.0 Å². The molecule has 0 amide bonds. The first kappa shape index (κ1) is 15.0. The summed E-state index contributed by atoms with van der Waals surface area (Å²) in [6.07, 6.45) is 0.663. The lowest BCUT2D eigenvalue weighted by atomic mass is 10.1. The van der Waals surface area contributed by atoms with Crippen molar-refractivity contribution in [1.82, 2.24) is 4.98 Å². The summed E-state index contributed by atoms with van der Waals surface area (Å²) in [4.78, 5) is 4.89. The van der Waals surface area contributed by atoms with Crippen LogP contribution in [0.15, 0.2) is 59.5 Å². The van der Waals surface area contributed by atoms with Crippen molar-refractivity contribution in [3.05, 3.63) is 60.2 Å². The van der Waals surface area contributed by atoms with Gasteiger partial charge in [-0.3, -0.25) is 0 Å². The van der Waals surface area contributed by atoms with Crippen molar-refractivity contribution < 1.29 is 13.2 Å². The normalized spacial score (nSPS) is 14.0. The van der Waals surface area contributed by atoms with Gasteiger partial charge in [0.25, 0.3) is 10.0 Å². The maximum atomic E-state index is 12.9. The molecule has 0 radical (unpaired) electrons. The fraction of sp³-hybridized carbons (Fsp3) is 0.167. The van der Waals surface area contributed by atoms with Crippen LogP contribution >= 0.6 is 0 Å². The number of hydrogen-bond acceptors (Lipinski definition) is 4. The van der Waals surface area contributed by atoms with Gasteiger partial charge in [0.15, 0.2) is 0 Å². The Balaban J connectivity index is 1.85. The number of pyridine rings is 1. The molecule has 0 atom stereocenters. The summed E-state index contributed by atoms with van der Waals surface area (Å²) in [5.41, 5.74) is 1.68. The third-order valence-corrected chi connectivity index (χ3v) is 6.04. The Morgan fingerprint density at radius 3 is 2.62 bits per heavy atom. The topological polar surface area (TPSA) is 59.5 Å². The molecule has 0 N–H and O–H groups in total. The molecule has 0 unspecified atom stereocenters. The van der Waals surface area contributed by atoms with Crippen LogP contribution in [0, 0.1) is 0 Å². The van der Waals surface area contributed by atoms with E-state index in [1.54, 1.807) is 37.4 Å². The molecule has 1 aliphatic heterocycles. The van der Waals surface area contributed by atoms with Gasteiger partial charge >= 0.3 is 0 Å². The van der Waals surface area contributed by atoms with Crippen LogP contribution in [-0.4, -0.2) is 27.1 Å². The highest BCUT2D eigenvalue weighted by Crippen LogP contribution is 2.34. The number of anilines is 1. The first-order valence-corrected chi connectivity index (χ1v) is 9.09. The van der Waals surface area contributed by atoms with E-state index in [9.17, 15) is 8.42 Å². The van der Waals surface area contributed by atoms with Gasteiger partial charge in [-0.25, -0.2) is 17.7 Å². The SMILES string of the molecule is COc1ccc2cc3c(nc2c1)N(S(=O)(=O)c1ccccc1)CC3. The number of rotatable bonds is 3. The summed E-state index contributed by atoms with van der Waals surface area (Å²) >= 11 is 0. The standard InChI is InChI=1S/C18H16N2O3S/c1-23-15-8-7-13-11-14-9-10-20(18(14)19-17(13)12-15)24(21,22)16-5-3-2-4-6-16/h2-8,11-12H,9-10H2,1H3. The van der Waals surface area contributed by atoms with Crippen LogP contribution < -0.4 is 9.04 Å². The Morgan fingerprint density at radius 2 is 1.88 bits per heavy atom. The third-order valence-electron chi connectivity index (χ3n) is 4.23. The van der Waals surface area contributed by atoms with E-state index >= 15 is 0 Å². The molecule has 2 heterocycles. The fourth-order valence-electron chi connectivity index (χ4n) is 2.99. The minimum absolute atomic E-state index is 0.283. The molecule has 4 rings (SSSR count). The van der Waals surface area contributed by atoms with E-state index < -0.39 is 10.0 Å². The minimum atomic E-state index is -3.60. The Morgan fingerprint density at radius 1 is 1.08 bits per heavy atom. The molecule has 1 aliphatic rings. The molecule has 0 bridgehead atoms. The highest BCUT2D eigenvalue weighted by molar-refractivity contribution is 7.92. The lowest BCUT2D eigenvalue weighted by Gasteiger charge is -2.19. The van der Waals surface area contributed by atoms with Gasteiger partial charge in [-0.05, 0) is 42.3 Å². The smallest absolute Gasteiger partial charge is 0.265 e. The number of fused-ring (bicyclic) bond motifs is 2. The Kier molecular flexibility index (Phi) is 3.42. The molecule has 0 saturated carbocycles. The fourth-order valence-corrected chi connectivity index (χ4v) is 4.46. The maximum absolute atomic E-state index is 12.9. The van der Waals surface area contributed by atoms with E-state index in [4.69, 9.17) is 4.74 Å². The molecule has 5 nitrogen and oxygen atoms in total. The van der Waals surface area contributed by atoms with Crippen molar-refractivity contribution in [3.8, 4) is 5.75 Å². The average Bonchev–Trinajstić information content (AvgIpc) is 3.03. The largest absolute Gasteiger partial charge is 0.497 e. The van der Waals surface area contributed by atoms with Crippen molar-refractivity contribution in [1.29, 1.82) is 0 Å². The molecule has 0 aliphatic carbocycles. The predicted octanol–water partition coefficient (Wildman–Crippen LogP) is 2.99. The summed E-state index contributed by atoms with van der Waals surface area (Å²) in [7, 11) is -2.00. The molecule has 2 aromatic carbocycles. The van der Waals surface area contributed by atoms with Crippen molar-refractivity contribution in [3.63, 3.8) is 0 Å². The Bertz CT molecular complexity index is 1020. The molecule has 3 aromatic rings. The lowest BCUT2D eigenvalue weighted by Crippen LogP contribution is -2.29. The molecular weight excluding hydrogens is 324 g/mol. The number of sulfonamides is 1. The zero-order valence-corrected chi connectivity index (χ0v) is 14.0. The number of benzene rings is 2. The summed E-state index contributed by atoms with van der Waals surface area (Å²) in [5.74, 6) is 1.21. The second-order valence-corrected chi connectivity index (χ2v) is 7.53. The third kappa shape index (κ3) is 2.30. The van der Waals surface area contributed by atoms with Crippen molar-refractivity contribution in [2.24, 2.45) is 0 Å². The van der Waals surface area contributed by atoms with E-state index in [1.807, 2.05) is 24.3 Å². The molecule has 0 spiro atoms. The van der Waals surface area contributed by atoms with Crippen LogP contribution in [0.5, 0.6) is 5.75 Å². The van der Waals surface area contributed by atoms with E-state index in [-0.39, 0.29) is 4.90 Å². The van der Waals surface area contributed by atoms with E-state index in [2.05, 4.69) is 4.98 Å². The van der Waals surface area contributed by atoms with Gasteiger partial charge in [-0.2, -0.15) is 0 Å². The van der Waals surface area contributed by atoms with Crippen molar-refractivity contribution in [2.75, 3.05) is 18.0 Å². The van der Waals surface area contributed by atoms with Crippen molar-refractivity contribution >= 4 is 26.7 Å². The van der Waals surface area contributed by atoms with Gasteiger partial charge in [0.2, 0.25) is 0 Å². The molecule has 6 heteroatoms. The second-order valence-electron chi connectivity index (χ2n) is 5.67. The first-order valence-electron chi connectivity index (χ1n) is 7.65. The van der Waals surface area contributed by atoms with Crippen LogP contribution in [0.3, 0.4) is 0 Å². The quantitative estimate of drug-likeness (QED) is 0.735. The van der Waals surface area contributed by atoms with Gasteiger partial charge < -0.3 is 4.74 Å². The molecule has 0 fully saturated rings. The van der Waals surface area contributed by atoms with E-state index in [0.717, 1.165) is 16.5 Å². The summed E-state index contributed by atoms with van der Waals surface area (Å²) in [6.45, 7) is 0.410. The minimum Gasteiger partial charge on any atom is -0.497 e. The van der Waals surface area contributed by atoms with Gasteiger partial charge in [-0.1, -0.05) is 18.2 Å². The summed E-state index contributed by atoms with van der Waals surface area (Å²) < 4.78 is 32.5. The first-order chi connectivity index (χ1) is 11.6. The van der Waals surface area contributed by atoms with Crippen LogP contribution in [0.25, 0.3) is 10.9 Å². The number of ether oxygens (including phenoxy) is 1. The zero-order chi connectivity index (χ0) is 16.7. The molecule has 1 aromatic heterocycles. The molecule has 0 saturated heterocycles. The van der Waals surface area contributed by atoms with E-state index in [0.29, 0.717) is 24.5 Å². The molecular formula is C18H16N2O3S. The molecule has 24 heavy (non-hydrogen) atoms. The second kappa shape index (κ2) is 5.49. The van der Waals surface area contributed by atoms with Gasteiger partial charge in [0.1, 0.15) is 11.6 Å². The van der Waals surface area contributed by atoms with Crippen LogP contribution in [0.4, 0.5) is 5.82 Å². The van der Waals surface area contributed by atoms with Gasteiger partial charge in [-0.15, -0.1) is 0 Å².